The highest BCUT2D eigenvalue weighted by molar-refractivity contribution is 5.91. The number of carbonyl (C=O) groups is 2. The molecule has 7 unspecified atom stereocenters. The molecule has 7 N–H and O–H groups in total. The molecule has 26 heavy (non-hydrogen) atoms. The van der Waals surface area contributed by atoms with Crippen LogP contribution in [-0.4, -0.2) is 104 Å². The third-order valence-corrected chi connectivity index (χ3v) is 3.41. The number of rotatable bonds is 11. The van der Waals surface area contributed by atoms with Gasteiger partial charge in [-0.15, -0.1) is 0 Å². The van der Waals surface area contributed by atoms with Crippen LogP contribution in [0.1, 0.15) is 13.8 Å². The molecule has 11 nitrogen and oxygen atoms in total. The molecule has 7 atom stereocenters. The first kappa shape index (κ1) is 24.4. The summed E-state index contributed by atoms with van der Waals surface area (Å²) in [5.41, 5.74) is 0. The zero-order valence-electron chi connectivity index (χ0n) is 14.4. The van der Waals surface area contributed by atoms with E-state index >= 15 is 0 Å². The highest BCUT2D eigenvalue weighted by Crippen LogP contribution is 2.14. The van der Waals surface area contributed by atoms with E-state index in [2.05, 4.69) is 4.74 Å². The van der Waals surface area contributed by atoms with Crippen molar-refractivity contribution in [2.75, 3.05) is 13.2 Å². The maximum absolute atomic E-state index is 11.5. The normalized spacial score (nSPS) is 19.9. The summed E-state index contributed by atoms with van der Waals surface area (Å²) in [6, 6.07) is 0. The summed E-state index contributed by atoms with van der Waals surface area (Å²) in [4.78, 5) is 22.6. The lowest BCUT2D eigenvalue weighted by molar-refractivity contribution is -0.178. The van der Waals surface area contributed by atoms with Gasteiger partial charge in [0.25, 0.3) is 0 Å². The average molecular weight is 382 g/mol. The molecule has 0 aromatic heterocycles. The minimum Gasteiger partial charge on any atom is -0.463 e. The van der Waals surface area contributed by atoms with Crippen molar-refractivity contribution < 1.29 is 54.8 Å². The first-order valence-electron chi connectivity index (χ1n) is 7.81. The van der Waals surface area contributed by atoms with E-state index in [1.54, 1.807) is 6.92 Å². The third kappa shape index (κ3) is 7.74. The van der Waals surface area contributed by atoms with Gasteiger partial charge in [-0.25, -0.2) is 9.59 Å². The van der Waals surface area contributed by atoms with Crippen molar-refractivity contribution in [3.8, 4) is 0 Å². The monoisotopic (exact) mass is 382 g/mol. The van der Waals surface area contributed by atoms with E-state index in [-0.39, 0.29) is 6.61 Å². The Morgan fingerprint density at radius 1 is 0.846 bits per heavy atom. The Kier molecular flexibility index (Phi) is 11.2. The summed E-state index contributed by atoms with van der Waals surface area (Å²) in [6.45, 7) is 1.93. The van der Waals surface area contributed by atoms with Gasteiger partial charge in [0.2, 0.25) is 0 Å². The Bertz CT molecular complexity index is 467. The molecule has 152 valence electrons. The van der Waals surface area contributed by atoms with Crippen LogP contribution in [0.5, 0.6) is 0 Å². The number of aliphatic hydroxyl groups is 7. The minimum absolute atomic E-state index is 0.108. The van der Waals surface area contributed by atoms with Gasteiger partial charge in [-0.1, -0.05) is 0 Å². The van der Waals surface area contributed by atoms with Crippen LogP contribution < -0.4 is 0 Å². The fraction of sp³-hybridized carbons (Fsp3) is 0.733. The topological polar surface area (TPSA) is 194 Å². The van der Waals surface area contributed by atoms with Crippen LogP contribution in [0.15, 0.2) is 12.2 Å². The van der Waals surface area contributed by atoms with Gasteiger partial charge >= 0.3 is 11.9 Å². The number of carbonyl (C=O) groups excluding carboxylic acids is 2. The molecular weight excluding hydrogens is 356 g/mol. The number of aliphatic hydroxyl groups excluding tert-OH is 7. The number of esters is 2. The SMILES string of the molecule is CCOC(=O)/C=C\C(=O)OC(C)C(O)C(O)C(O)C(O)C(O)C(O)CO. The summed E-state index contributed by atoms with van der Waals surface area (Å²) in [5.74, 6) is -1.82. The van der Waals surface area contributed by atoms with Gasteiger partial charge in [0.05, 0.1) is 13.2 Å². The molecule has 0 aromatic rings. The van der Waals surface area contributed by atoms with Crippen LogP contribution in [0.2, 0.25) is 0 Å². The second-order valence-corrected chi connectivity index (χ2v) is 5.43. The molecule has 0 saturated heterocycles. The van der Waals surface area contributed by atoms with Gasteiger partial charge in [0, 0.05) is 12.2 Å². The van der Waals surface area contributed by atoms with Gasteiger partial charge in [0.1, 0.15) is 42.7 Å². The third-order valence-electron chi connectivity index (χ3n) is 3.41. The molecular formula is C15H26O11. The van der Waals surface area contributed by atoms with Crippen molar-refractivity contribution in [2.45, 2.75) is 56.6 Å². The standard InChI is InChI=1S/C15H26O11/c1-3-25-9(18)4-5-10(19)26-7(2)11(20)13(22)15(24)14(23)12(21)8(17)6-16/h4-5,7-8,11-17,20-24H,3,6H2,1-2H3/b5-4-. The van der Waals surface area contributed by atoms with Crippen molar-refractivity contribution in [2.24, 2.45) is 0 Å². The fourth-order valence-corrected chi connectivity index (χ4v) is 1.84. The number of hydrogen-bond acceptors (Lipinski definition) is 11. The van der Waals surface area contributed by atoms with E-state index in [9.17, 15) is 40.2 Å². The van der Waals surface area contributed by atoms with Gasteiger partial charge in [-0.2, -0.15) is 0 Å². The second-order valence-electron chi connectivity index (χ2n) is 5.43. The maximum Gasteiger partial charge on any atom is 0.331 e. The molecule has 0 rings (SSSR count). The molecule has 0 heterocycles. The van der Waals surface area contributed by atoms with E-state index in [0.717, 1.165) is 12.2 Å². The second kappa shape index (κ2) is 11.9. The first-order valence-corrected chi connectivity index (χ1v) is 7.81. The van der Waals surface area contributed by atoms with E-state index in [1.165, 1.54) is 6.92 Å². The van der Waals surface area contributed by atoms with E-state index in [1.807, 2.05) is 0 Å². The fourth-order valence-electron chi connectivity index (χ4n) is 1.84. The van der Waals surface area contributed by atoms with E-state index in [4.69, 9.17) is 9.84 Å². The van der Waals surface area contributed by atoms with Crippen molar-refractivity contribution in [3.63, 3.8) is 0 Å². The number of hydrogen-bond donors (Lipinski definition) is 7. The molecule has 0 aliphatic rings. The predicted octanol–water partition coefficient (Wildman–Crippen LogP) is -3.80. The summed E-state index contributed by atoms with van der Waals surface area (Å²) < 4.78 is 9.28. The number of ether oxygens (including phenoxy) is 2. The Balaban J connectivity index is 4.72. The van der Waals surface area contributed by atoms with Crippen LogP contribution in [-0.2, 0) is 19.1 Å². The lowest BCUT2D eigenvalue weighted by atomic mass is 9.95. The van der Waals surface area contributed by atoms with Crippen LogP contribution in [0.3, 0.4) is 0 Å². The lowest BCUT2D eigenvalue weighted by Crippen LogP contribution is -2.54. The van der Waals surface area contributed by atoms with Crippen molar-refractivity contribution in [1.82, 2.24) is 0 Å². The molecule has 11 heteroatoms. The molecule has 0 fully saturated rings. The predicted molar refractivity (Wildman–Crippen MR) is 84.5 cm³/mol. The molecule has 0 bridgehead atoms. The summed E-state index contributed by atoms with van der Waals surface area (Å²) in [7, 11) is 0. The van der Waals surface area contributed by atoms with Crippen LogP contribution >= 0.6 is 0 Å². The molecule has 0 aliphatic carbocycles. The minimum atomic E-state index is -2.13. The van der Waals surface area contributed by atoms with Crippen LogP contribution in [0, 0.1) is 0 Å². The van der Waals surface area contributed by atoms with Crippen molar-refractivity contribution in [1.29, 1.82) is 0 Å². The zero-order chi connectivity index (χ0) is 20.4. The lowest BCUT2D eigenvalue weighted by Gasteiger charge is -2.32. The van der Waals surface area contributed by atoms with Gasteiger partial charge in [-0.3, -0.25) is 0 Å². The smallest absolute Gasteiger partial charge is 0.331 e. The zero-order valence-corrected chi connectivity index (χ0v) is 14.4. The van der Waals surface area contributed by atoms with Crippen LogP contribution in [0.25, 0.3) is 0 Å². The first-order chi connectivity index (χ1) is 12.1. The summed E-state index contributed by atoms with van der Waals surface area (Å²) in [5, 5.41) is 66.5. The quantitative estimate of drug-likeness (QED) is 0.137. The van der Waals surface area contributed by atoms with Gasteiger partial charge < -0.3 is 45.2 Å². The van der Waals surface area contributed by atoms with Crippen molar-refractivity contribution in [3.05, 3.63) is 12.2 Å². The summed E-state index contributed by atoms with van der Waals surface area (Å²) >= 11 is 0. The Morgan fingerprint density at radius 3 is 1.81 bits per heavy atom. The molecule has 0 saturated carbocycles. The molecule has 0 radical (unpaired) electrons. The average Bonchev–Trinajstić information content (AvgIpc) is 2.62. The molecule has 0 spiro atoms. The molecule has 0 aliphatic heterocycles. The van der Waals surface area contributed by atoms with E-state index in [0.29, 0.717) is 0 Å². The van der Waals surface area contributed by atoms with E-state index < -0.39 is 61.3 Å². The van der Waals surface area contributed by atoms with Crippen molar-refractivity contribution >= 4 is 11.9 Å². The highest BCUT2D eigenvalue weighted by atomic mass is 16.6. The van der Waals surface area contributed by atoms with Gasteiger partial charge in [-0.05, 0) is 13.8 Å². The van der Waals surface area contributed by atoms with Gasteiger partial charge in [0.15, 0.2) is 0 Å². The largest absolute Gasteiger partial charge is 0.463 e. The maximum atomic E-state index is 11.5. The highest BCUT2D eigenvalue weighted by Gasteiger charge is 2.39. The molecule has 0 amide bonds. The summed E-state index contributed by atoms with van der Waals surface area (Å²) in [6.07, 6.45) is -11.8. The Labute approximate surface area is 149 Å². The van der Waals surface area contributed by atoms with Crippen LogP contribution in [0.4, 0.5) is 0 Å². The molecule has 0 aromatic carbocycles. The Hall–Kier alpha value is -1.60. The Morgan fingerprint density at radius 2 is 1.31 bits per heavy atom.